The summed E-state index contributed by atoms with van der Waals surface area (Å²) >= 11 is 15.0. The van der Waals surface area contributed by atoms with Crippen LogP contribution in [0, 0.1) is 0 Å². The van der Waals surface area contributed by atoms with Crippen molar-refractivity contribution in [3.63, 3.8) is 0 Å². The van der Waals surface area contributed by atoms with E-state index in [0.717, 1.165) is 26.9 Å². The number of fused-ring (bicyclic) bond motifs is 3. The van der Waals surface area contributed by atoms with Gasteiger partial charge in [0.1, 0.15) is 12.1 Å². The Morgan fingerprint density at radius 2 is 1.56 bits per heavy atom. The van der Waals surface area contributed by atoms with Gasteiger partial charge >= 0.3 is 0 Å². The number of aromatic amines is 1. The zero-order chi connectivity index (χ0) is 35.6. The molecule has 1 aliphatic rings. The Morgan fingerprint density at radius 1 is 0.840 bits per heavy atom. The zero-order valence-electron chi connectivity index (χ0n) is 28.1. The van der Waals surface area contributed by atoms with Crippen LogP contribution >= 0.6 is 35.0 Å². The maximum absolute atomic E-state index is 14.4. The van der Waals surface area contributed by atoms with Crippen molar-refractivity contribution in [2.45, 2.75) is 79.5 Å². The molecule has 0 radical (unpaired) electrons. The number of carbonyl (C=O) groups excluding carboxylic acids is 3. The SMILES string of the molecule is CN1C(=O)[C@H](CCCCN)NC(=O)[C@H](CCCN)NCc2ccccc2Sc2c(Cl)ccc(Cl)c2CNC(=O)[C@@H]1Cc1c[nH]c2ccccc12. The molecule has 0 saturated heterocycles. The van der Waals surface area contributed by atoms with Crippen LogP contribution in [0.2, 0.25) is 10.0 Å². The standard InChI is InChI=1S/C37H45Cl2N7O3S/c1-46-32(19-24-21-42-29-11-4-3-10-25(24)29)36(48)44-22-26-27(38)15-16-28(39)34(26)50-33-14-5-2-9-23(33)20-43-30(13-8-18-41)35(47)45-31(37(46)49)12-6-7-17-40/h2-5,9-11,14-16,21,30-32,42-43H,6-8,12-13,17-20,22,40-41H2,1H3,(H,44,48)(H,45,47)/t30-,31-,32-/m0/s1. The van der Waals surface area contributed by atoms with Gasteiger partial charge in [-0.1, -0.05) is 71.4 Å². The Labute approximate surface area is 307 Å². The summed E-state index contributed by atoms with van der Waals surface area (Å²) in [7, 11) is 1.62. The second-order valence-electron chi connectivity index (χ2n) is 12.5. The van der Waals surface area contributed by atoms with Gasteiger partial charge in [0.05, 0.1) is 11.1 Å². The normalized spacial score (nSPS) is 19.4. The number of nitrogens with zero attached hydrogens (tertiary/aromatic N) is 1. The second-order valence-corrected chi connectivity index (χ2v) is 14.4. The monoisotopic (exact) mass is 737 g/mol. The summed E-state index contributed by atoms with van der Waals surface area (Å²) < 4.78 is 0. The molecule has 3 atom stereocenters. The number of nitrogens with one attached hydrogen (secondary N) is 4. The first-order valence-corrected chi connectivity index (χ1v) is 18.5. The largest absolute Gasteiger partial charge is 0.361 e. The smallest absolute Gasteiger partial charge is 0.245 e. The van der Waals surface area contributed by atoms with Crippen LogP contribution in [0.5, 0.6) is 0 Å². The predicted octanol–water partition coefficient (Wildman–Crippen LogP) is 5.14. The van der Waals surface area contributed by atoms with Crippen molar-refractivity contribution in [1.82, 2.24) is 25.8 Å². The highest BCUT2D eigenvalue weighted by atomic mass is 35.5. The molecule has 3 aromatic carbocycles. The van der Waals surface area contributed by atoms with E-state index in [0.29, 0.717) is 72.2 Å². The molecule has 0 aliphatic carbocycles. The Bertz CT molecular complexity index is 1800. The van der Waals surface area contributed by atoms with E-state index >= 15 is 0 Å². The van der Waals surface area contributed by atoms with Crippen LogP contribution in [0.4, 0.5) is 0 Å². The quantitative estimate of drug-likeness (QED) is 0.130. The number of benzene rings is 3. The van der Waals surface area contributed by atoms with E-state index in [4.69, 9.17) is 34.7 Å². The van der Waals surface area contributed by atoms with E-state index < -0.39 is 18.1 Å². The lowest BCUT2D eigenvalue weighted by Crippen LogP contribution is -2.57. The molecule has 1 aliphatic heterocycles. The van der Waals surface area contributed by atoms with Crippen LogP contribution in [0.1, 0.15) is 48.8 Å². The van der Waals surface area contributed by atoms with E-state index in [-0.39, 0.29) is 30.7 Å². The lowest BCUT2D eigenvalue weighted by Gasteiger charge is -2.32. The third-order valence-electron chi connectivity index (χ3n) is 9.10. The summed E-state index contributed by atoms with van der Waals surface area (Å²) in [4.78, 5) is 48.9. The van der Waals surface area contributed by atoms with Crippen LogP contribution in [0.25, 0.3) is 10.9 Å². The molecule has 10 nitrogen and oxygen atoms in total. The number of H-pyrrole nitrogens is 1. The zero-order valence-corrected chi connectivity index (χ0v) is 30.5. The van der Waals surface area contributed by atoms with Crippen molar-refractivity contribution in [2.24, 2.45) is 11.5 Å². The average molecular weight is 739 g/mol. The van der Waals surface area contributed by atoms with Crippen molar-refractivity contribution in [3.05, 3.63) is 93.6 Å². The molecule has 266 valence electrons. The van der Waals surface area contributed by atoms with Crippen molar-refractivity contribution < 1.29 is 14.4 Å². The van der Waals surface area contributed by atoms with E-state index in [1.54, 1.807) is 19.2 Å². The molecule has 4 aromatic rings. The van der Waals surface area contributed by atoms with Gasteiger partial charge in [0.2, 0.25) is 17.7 Å². The number of aromatic nitrogens is 1. The minimum Gasteiger partial charge on any atom is -0.361 e. The van der Waals surface area contributed by atoms with Gasteiger partial charge in [-0.15, -0.1) is 0 Å². The Hall–Kier alpha value is -3.58. The summed E-state index contributed by atoms with van der Waals surface area (Å²) in [6.07, 6.45) is 4.89. The van der Waals surface area contributed by atoms with Crippen LogP contribution < -0.4 is 27.4 Å². The van der Waals surface area contributed by atoms with Gasteiger partial charge in [0, 0.05) is 64.0 Å². The summed E-state index contributed by atoms with van der Waals surface area (Å²) in [6, 6.07) is 16.7. The number of nitrogens with two attached hydrogens (primary N) is 2. The van der Waals surface area contributed by atoms with Crippen LogP contribution in [-0.2, 0) is 33.9 Å². The Balaban J connectivity index is 1.58. The van der Waals surface area contributed by atoms with E-state index in [1.807, 2.05) is 54.7 Å². The minimum atomic E-state index is -0.910. The summed E-state index contributed by atoms with van der Waals surface area (Å²) in [5, 5.41) is 11.4. The van der Waals surface area contributed by atoms with Crippen molar-refractivity contribution >= 4 is 63.6 Å². The minimum absolute atomic E-state index is 0.0885. The number of hydrogen-bond donors (Lipinski definition) is 6. The molecular weight excluding hydrogens is 693 g/mol. The first-order chi connectivity index (χ1) is 24.2. The van der Waals surface area contributed by atoms with Gasteiger partial charge in [-0.2, -0.15) is 0 Å². The van der Waals surface area contributed by atoms with Crippen molar-refractivity contribution in [1.29, 1.82) is 0 Å². The second kappa shape index (κ2) is 18.1. The van der Waals surface area contributed by atoms with E-state index in [2.05, 4.69) is 20.9 Å². The van der Waals surface area contributed by atoms with Gasteiger partial charge in [-0.3, -0.25) is 14.4 Å². The van der Waals surface area contributed by atoms with Gasteiger partial charge in [0.25, 0.3) is 0 Å². The molecule has 50 heavy (non-hydrogen) atoms. The van der Waals surface area contributed by atoms with Gasteiger partial charge in [0.15, 0.2) is 0 Å². The van der Waals surface area contributed by atoms with Crippen molar-refractivity contribution in [3.8, 4) is 0 Å². The van der Waals surface area contributed by atoms with E-state index in [9.17, 15) is 14.4 Å². The van der Waals surface area contributed by atoms with Gasteiger partial charge in [-0.25, -0.2) is 0 Å². The molecule has 0 bridgehead atoms. The molecule has 5 rings (SSSR count). The lowest BCUT2D eigenvalue weighted by atomic mass is 10.0. The fraction of sp³-hybridized carbons (Fsp3) is 0.378. The highest BCUT2D eigenvalue weighted by molar-refractivity contribution is 7.99. The third-order valence-corrected chi connectivity index (χ3v) is 11.2. The fourth-order valence-electron chi connectivity index (χ4n) is 6.22. The number of carbonyl (C=O) groups is 3. The number of likely N-dealkylation sites (N-methyl/N-ethyl adjacent to an activating group) is 1. The number of unbranched alkanes of at least 4 members (excludes halogenated alkanes) is 1. The maximum atomic E-state index is 14.4. The molecule has 2 heterocycles. The molecule has 13 heteroatoms. The van der Waals surface area contributed by atoms with E-state index in [1.165, 1.54) is 16.7 Å². The molecular formula is C37H45Cl2N7O3S. The molecule has 1 aromatic heterocycles. The van der Waals surface area contributed by atoms with Crippen LogP contribution in [0.3, 0.4) is 0 Å². The summed E-state index contributed by atoms with van der Waals surface area (Å²) in [5.41, 5.74) is 15.1. The number of halogens is 2. The number of para-hydroxylation sites is 1. The number of hydrogen-bond acceptors (Lipinski definition) is 7. The molecule has 0 unspecified atom stereocenters. The van der Waals surface area contributed by atoms with Crippen LogP contribution in [-0.4, -0.2) is 65.9 Å². The van der Waals surface area contributed by atoms with Crippen molar-refractivity contribution in [2.75, 3.05) is 20.1 Å². The predicted molar refractivity (Wildman–Crippen MR) is 201 cm³/mol. The first kappa shape index (κ1) is 37.7. The fourth-order valence-corrected chi connectivity index (χ4v) is 7.90. The molecule has 0 spiro atoms. The molecule has 3 amide bonds. The number of rotatable bonds is 9. The maximum Gasteiger partial charge on any atom is 0.245 e. The highest BCUT2D eigenvalue weighted by Gasteiger charge is 2.34. The molecule has 0 fully saturated rings. The number of amides is 3. The Kier molecular flexibility index (Phi) is 13.6. The Morgan fingerprint density at radius 3 is 2.36 bits per heavy atom. The topological polar surface area (TPSA) is 158 Å². The van der Waals surface area contributed by atoms with Gasteiger partial charge < -0.3 is 37.3 Å². The summed E-state index contributed by atoms with van der Waals surface area (Å²) in [6.45, 7) is 1.35. The van der Waals surface area contributed by atoms with Crippen LogP contribution in [0.15, 0.2) is 76.7 Å². The third kappa shape index (κ3) is 9.20. The lowest BCUT2D eigenvalue weighted by molar-refractivity contribution is -0.142. The summed E-state index contributed by atoms with van der Waals surface area (Å²) in [5.74, 6) is -1.03. The molecule has 0 saturated carbocycles. The average Bonchev–Trinajstić information content (AvgIpc) is 3.53. The van der Waals surface area contributed by atoms with Gasteiger partial charge in [-0.05, 0) is 80.6 Å². The highest BCUT2D eigenvalue weighted by Crippen LogP contribution is 2.40. The first-order valence-electron chi connectivity index (χ1n) is 17.0. The molecule has 8 N–H and O–H groups in total.